The van der Waals surface area contributed by atoms with Gasteiger partial charge in [-0.05, 0) is 38.0 Å². The maximum Gasteiger partial charge on any atom is 0.225 e. The van der Waals surface area contributed by atoms with Gasteiger partial charge in [-0.2, -0.15) is 0 Å². The van der Waals surface area contributed by atoms with Gasteiger partial charge in [0, 0.05) is 57.8 Å². The van der Waals surface area contributed by atoms with Crippen molar-refractivity contribution >= 4 is 11.9 Å². The van der Waals surface area contributed by atoms with Crippen molar-refractivity contribution in [2.45, 2.75) is 58.0 Å². The highest BCUT2D eigenvalue weighted by Gasteiger charge is 2.33. The number of guanidine groups is 1. The van der Waals surface area contributed by atoms with Crippen LogP contribution in [0.25, 0.3) is 0 Å². The molecule has 2 aliphatic carbocycles. The van der Waals surface area contributed by atoms with Crippen LogP contribution in [0.15, 0.2) is 4.99 Å². The Labute approximate surface area is 152 Å². The molecule has 3 rings (SSSR count). The molecule has 0 aromatic rings. The van der Waals surface area contributed by atoms with Crippen LogP contribution in [0.5, 0.6) is 0 Å². The first-order chi connectivity index (χ1) is 12.1. The molecule has 25 heavy (non-hydrogen) atoms. The number of nitrogens with zero attached hydrogens (tertiary/aromatic N) is 3. The van der Waals surface area contributed by atoms with E-state index in [4.69, 9.17) is 0 Å². The summed E-state index contributed by atoms with van der Waals surface area (Å²) in [6.07, 6.45) is 6.60. The van der Waals surface area contributed by atoms with Crippen LogP contribution in [-0.2, 0) is 4.79 Å². The van der Waals surface area contributed by atoms with Crippen LogP contribution < -0.4 is 10.6 Å². The van der Waals surface area contributed by atoms with E-state index in [0.29, 0.717) is 6.04 Å². The second-order valence-corrected chi connectivity index (χ2v) is 8.24. The van der Waals surface area contributed by atoms with Gasteiger partial charge in [0.15, 0.2) is 5.96 Å². The Balaban J connectivity index is 1.37. The second-order valence-electron chi connectivity index (χ2n) is 8.24. The predicted octanol–water partition coefficient (Wildman–Crippen LogP) is 1.28. The minimum Gasteiger partial charge on any atom is -0.355 e. The molecule has 3 aliphatic rings. The van der Waals surface area contributed by atoms with Gasteiger partial charge < -0.3 is 15.5 Å². The van der Waals surface area contributed by atoms with Gasteiger partial charge in [-0.25, -0.2) is 0 Å². The summed E-state index contributed by atoms with van der Waals surface area (Å²) in [5, 5.41) is 6.95. The summed E-state index contributed by atoms with van der Waals surface area (Å²) in [5.74, 6) is 2.16. The van der Waals surface area contributed by atoms with Crippen LogP contribution in [0.4, 0.5) is 0 Å². The van der Waals surface area contributed by atoms with E-state index >= 15 is 0 Å². The molecule has 2 N–H and O–H groups in total. The SMILES string of the molecule is CN=C(NCCN(CC1CC1)C1CC1)NC1CCN(C(=O)C(C)C)C1. The molecular formula is C19H35N5O. The van der Waals surface area contributed by atoms with E-state index in [9.17, 15) is 4.79 Å². The Morgan fingerprint density at radius 3 is 2.60 bits per heavy atom. The van der Waals surface area contributed by atoms with Crippen LogP contribution in [0.3, 0.4) is 0 Å². The third-order valence-corrected chi connectivity index (χ3v) is 5.50. The van der Waals surface area contributed by atoms with Crippen molar-refractivity contribution in [3.8, 4) is 0 Å². The van der Waals surface area contributed by atoms with Gasteiger partial charge in [-0.3, -0.25) is 14.7 Å². The largest absolute Gasteiger partial charge is 0.355 e. The topological polar surface area (TPSA) is 60.0 Å². The first kappa shape index (κ1) is 18.5. The summed E-state index contributed by atoms with van der Waals surface area (Å²) in [6.45, 7) is 8.89. The molecule has 1 saturated heterocycles. The molecule has 1 amide bonds. The van der Waals surface area contributed by atoms with Crippen molar-refractivity contribution in [1.82, 2.24) is 20.4 Å². The van der Waals surface area contributed by atoms with Crippen molar-refractivity contribution in [2.75, 3.05) is 39.8 Å². The third kappa shape index (κ3) is 5.59. The minimum absolute atomic E-state index is 0.0797. The highest BCUT2D eigenvalue weighted by Crippen LogP contribution is 2.34. The third-order valence-electron chi connectivity index (χ3n) is 5.50. The number of aliphatic imine (C=N–C) groups is 1. The smallest absolute Gasteiger partial charge is 0.225 e. The van der Waals surface area contributed by atoms with E-state index < -0.39 is 0 Å². The van der Waals surface area contributed by atoms with Crippen molar-refractivity contribution < 1.29 is 4.79 Å². The average molecular weight is 350 g/mol. The molecule has 6 nitrogen and oxygen atoms in total. The maximum atomic E-state index is 12.1. The molecular weight excluding hydrogens is 314 g/mol. The Morgan fingerprint density at radius 2 is 2.00 bits per heavy atom. The molecule has 1 heterocycles. The molecule has 6 heteroatoms. The highest BCUT2D eigenvalue weighted by molar-refractivity contribution is 5.81. The van der Waals surface area contributed by atoms with Gasteiger partial charge in [-0.1, -0.05) is 13.8 Å². The summed E-state index contributed by atoms with van der Waals surface area (Å²) in [5.41, 5.74) is 0. The van der Waals surface area contributed by atoms with Crippen molar-refractivity contribution in [3.05, 3.63) is 0 Å². The fraction of sp³-hybridized carbons (Fsp3) is 0.895. The van der Waals surface area contributed by atoms with Gasteiger partial charge in [0.1, 0.15) is 0 Å². The van der Waals surface area contributed by atoms with Gasteiger partial charge in [0.05, 0.1) is 0 Å². The van der Waals surface area contributed by atoms with Crippen molar-refractivity contribution in [2.24, 2.45) is 16.8 Å². The number of amides is 1. The summed E-state index contributed by atoms with van der Waals surface area (Å²) < 4.78 is 0. The zero-order valence-electron chi connectivity index (χ0n) is 16.1. The molecule has 1 atom stereocenters. The quantitative estimate of drug-likeness (QED) is 0.512. The molecule has 1 aliphatic heterocycles. The molecule has 0 aromatic heterocycles. The van der Waals surface area contributed by atoms with Gasteiger partial charge in [-0.15, -0.1) is 0 Å². The van der Waals surface area contributed by atoms with Gasteiger partial charge >= 0.3 is 0 Å². The minimum atomic E-state index is 0.0797. The van der Waals surface area contributed by atoms with Crippen molar-refractivity contribution in [1.29, 1.82) is 0 Å². The molecule has 1 unspecified atom stereocenters. The molecule has 142 valence electrons. The van der Waals surface area contributed by atoms with Crippen LogP contribution in [-0.4, -0.2) is 73.5 Å². The lowest BCUT2D eigenvalue weighted by atomic mass is 10.2. The molecule has 0 bridgehead atoms. The van der Waals surface area contributed by atoms with E-state index in [-0.39, 0.29) is 11.8 Å². The predicted molar refractivity (Wildman–Crippen MR) is 102 cm³/mol. The van der Waals surface area contributed by atoms with Crippen LogP contribution in [0.1, 0.15) is 46.0 Å². The highest BCUT2D eigenvalue weighted by atomic mass is 16.2. The van der Waals surface area contributed by atoms with Gasteiger partial charge in [0.25, 0.3) is 0 Å². The number of likely N-dealkylation sites (tertiary alicyclic amines) is 1. The first-order valence-corrected chi connectivity index (χ1v) is 10.1. The Kier molecular flexibility index (Phi) is 6.20. The Hall–Kier alpha value is -1.30. The number of hydrogen-bond donors (Lipinski definition) is 2. The normalized spacial score (nSPS) is 24.3. The molecule has 2 saturated carbocycles. The van der Waals surface area contributed by atoms with Crippen molar-refractivity contribution in [3.63, 3.8) is 0 Å². The van der Waals surface area contributed by atoms with Crippen LogP contribution in [0.2, 0.25) is 0 Å². The molecule has 0 radical (unpaired) electrons. The Bertz CT molecular complexity index is 484. The number of hydrogen-bond acceptors (Lipinski definition) is 3. The second kappa shape index (κ2) is 8.39. The van der Waals surface area contributed by atoms with E-state index in [1.165, 1.54) is 32.2 Å². The number of carbonyl (C=O) groups is 1. The van der Waals surface area contributed by atoms with Crippen LogP contribution >= 0.6 is 0 Å². The van der Waals surface area contributed by atoms with E-state index in [1.54, 1.807) is 0 Å². The Morgan fingerprint density at radius 1 is 1.24 bits per heavy atom. The van der Waals surface area contributed by atoms with Crippen LogP contribution in [0, 0.1) is 11.8 Å². The molecule has 3 fully saturated rings. The number of nitrogens with one attached hydrogen (secondary N) is 2. The average Bonchev–Trinajstić information content (AvgIpc) is 3.51. The lowest BCUT2D eigenvalue weighted by molar-refractivity contribution is -0.133. The zero-order valence-corrected chi connectivity index (χ0v) is 16.1. The number of carbonyl (C=O) groups excluding carboxylic acids is 1. The van der Waals surface area contributed by atoms with E-state index in [0.717, 1.165) is 50.5 Å². The van der Waals surface area contributed by atoms with Gasteiger partial charge in [0.2, 0.25) is 5.91 Å². The summed E-state index contributed by atoms with van der Waals surface area (Å²) in [6, 6.07) is 1.14. The number of rotatable bonds is 8. The monoisotopic (exact) mass is 349 g/mol. The molecule has 0 aromatic carbocycles. The first-order valence-electron chi connectivity index (χ1n) is 10.1. The van der Waals surface area contributed by atoms with E-state index in [2.05, 4.69) is 20.5 Å². The fourth-order valence-electron chi connectivity index (χ4n) is 3.64. The lowest BCUT2D eigenvalue weighted by Gasteiger charge is -2.23. The summed E-state index contributed by atoms with van der Waals surface area (Å²) in [4.78, 5) is 21.1. The molecule has 0 spiro atoms. The summed E-state index contributed by atoms with van der Waals surface area (Å²) >= 11 is 0. The zero-order chi connectivity index (χ0) is 17.8. The fourth-order valence-corrected chi connectivity index (χ4v) is 3.64. The maximum absolute atomic E-state index is 12.1. The standard InChI is InChI=1S/C19H35N5O/c1-14(2)18(25)24-10-8-16(13-24)22-19(20-3)21-9-11-23(17-6-7-17)12-15-4-5-15/h14-17H,4-13H2,1-3H3,(H2,20,21,22). The lowest BCUT2D eigenvalue weighted by Crippen LogP contribution is -2.47. The van der Waals surface area contributed by atoms with E-state index in [1.807, 2.05) is 25.8 Å². The summed E-state index contributed by atoms with van der Waals surface area (Å²) in [7, 11) is 1.82.